The maximum absolute atomic E-state index is 12.9. The average Bonchev–Trinajstić information content (AvgIpc) is 2.88. The number of carbonyl (C=O) groups is 3. The van der Waals surface area contributed by atoms with Crippen LogP contribution in [0.3, 0.4) is 0 Å². The number of amides is 4. The van der Waals surface area contributed by atoms with Gasteiger partial charge in [0.05, 0.1) is 11.4 Å². The summed E-state index contributed by atoms with van der Waals surface area (Å²) in [7, 11) is 0. The van der Waals surface area contributed by atoms with Crippen molar-refractivity contribution in [1.82, 2.24) is 15.1 Å². The number of nitrogens with one attached hydrogen (secondary N) is 3. The van der Waals surface area contributed by atoms with Crippen molar-refractivity contribution in [2.24, 2.45) is 4.99 Å². The number of aliphatic carboxylic acids is 1. The van der Waals surface area contributed by atoms with E-state index < -0.39 is 18.0 Å². The number of fused-ring (bicyclic) bond motifs is 1. The van der Waals surface area contributed by atoms with Crippen molar-refractivity contribution in [3.8, 4) is 0 Å². The van der Waals surface area contributed by atoms with Crippen LogP contribution in [0.15, 0.2) is 47.5 Å². The van der Waals surface area contributed by atoms with E-state index in [0.29, 0.717) is 38.2 Å². The first-order valence-corrected chi connectivity index (χ1v) is 12.2. The molecule has 0 spiro atoms. The summed E-state index contributed by atoms with van der Waals surface area (Å²) in [6, 6.07) is 11.6. The van der Waals surface area contributed by atoms with Gasteiger partial charge in [0.15, 0.2) is 0 Å². The van der Waals surface area contributed by atoms with Gasteiger partial charge in [-0.1, -0.05) is 24.3 Å². The van der Waals surface area contributed by atoms with Crippen molar-refractivity contribution in [3.63, 3.8) is 0 Å². The van der Waals surface area contributed by atoms with Gasteiger partial charge in [0.2, 0.25) is 0 Å². The number of urea groups is 2. The van der Waals surface area contributed by atoms with Crippen molar-refractivity contribution in [2.45, 2.75) is 44.8 Å². The number of benzene rings is 2. The van der Waals surface area contributed by atoms with Crippen LogP contribution < -0.4 is 16.0 Å². The summed E-state index contributed by atoms with van der Waals surface area (Å²) in [4.78, 5) is 44.9. The predicted octanol–water partition coefficient (Wildman–Crippen LogP) is 3.67. The van der Waals surface area contributed by atoms with Gasteiger partial charge in [-0.25, -0.2) is 14.4 Å². The third-order valence-electron chi connectivity index (χ3n) is 6.69. The van der Waals surface area contributed by atoms with E-state index in [-0.39, 0.29) is 18.5 Å². The molecule has 1 fully saturated rings. The number of piperidine rings is 1. The molecular formula is C26H32N6O4. The molecule has 1 atom stereocenters. The first-order valence-electron chi connectivity index (χ1n) is 12.2. The maximum atomic E-state index is 12.9. The van der Waals surface area contributed by atoms with E-state index in [2.05, 4.69) is 27.7 Å². The molecule has 10 heteroatoms. The lowest BCUT2D eigenvalue weighted by Crippen LogP contribution is -2.54. The van der Waals surface area contributed by atoms with Crippen LogP contribution in [0.5, 0.6) is 0 Å². The number of nitrogens with zero attached hydrogens (tertiary/aromatic N) is 3. The summed E-state index contributed by atoms with van der Waals surface area (Å²) >= 11 is 0. The Labute approximate surface area is 210 Å². The molecular weight excluding hydrogens is 460 g/mol. The van der Waals surface area contributed by atoms with Gasteiger partial charge in [0.1, 0.15) is 6.04 Å². The Kier molecular flexibility index (Phi) is 7.72. The van der Waals surface area contributed by atoms with E-state index in [0.717, 1.165) is 29.0 Å². The van der Waals surface area contributed by atoms with Crippen LogP contribution in [0, 0.1) is 0 Å². The number of carboxylic acids is 1. The SMILES string of the molecule is C=Nc1cc(C[C@@H](NC(=O)N2CCC(N3Cc4ccccc4NC3=O)CC2)C(=O)O)ccc1NCC. The topological polar surface area (TPSA) is 126 Å². The Morgan fingerprint density at radius 2 is 1.97 bits per heavy atom. The van der Waals surface area contributed by atoms with Crippen molar-refractivity contribution < 1.29 is 19.5 Å². The molecule has 2 aromatic carbocycles. The molecule has 190 valence electrons. The zero-order chi connectivity index (χ0) is 25.7. The molecule has 10 nitrogen and oxygen atoms in total. The summed E-state index contributed by atoms with van der Waals surface area (Å²) in [5.41, 5.74) is 4.09. The van der Waals surface area contributed by atoms with Crippen LogP contribution >= 0.6 is 0 Å². The summed E-state index contributed by atoms with van der Waals surface area (Å²) in [6.45, 7) is 7.70. The first kappa shape index (κ1) is 25.0. The standard InChI is InChI=1S/C26H32N6O4/c1-3-28-21-9-8-17(14-22(21)27-2)15-23(24(33)34)30-25(35)31-12-10-19(11-13-31)32-16-18-6-4-5-7-20(18)29-26(32)36/h4-9,14,19,23,28H,2-3,10-13,15-16H2,1H3,(H,29,36)(H,30,35)(H,33,34)/t23-/m1/s1. The first-order chi connectivity index (χ1) is 17.4. The third kappa shape index (κ3) is 5.59. The molecule has 0 aromatic heterocycles. The zero-order valence-electron chi connectivity index (χ0n) is 20.4. The Morgan fingerprint density at radius 1 is 1.22 bits per heavy atom. The molecule has 4 rings (SSSR count). The van der Waals surface area contributed by atoms with E-state index in [9.17, 15) is 19.5 Å². The minimum Gasteiger partial charge on any atom is -0.480 e. The fourth-order valence-corrected chi connectivity index (χ4v) is 4.75. The van der Waals surface area contributed by atoms with Crippen LogP contribution in [0.25, 0.3) is 0 Å². The highest BCUT2D eigenvalue weighted by molar-refractivity contribution is 5.92. The smallest absolute Gasteiger partial charge is 0.326 e. The second-order valence-corrected chi connectivity index (χ2v) is 9.02. The Morgan fingerprint density at radius 3 is 2.67 bits per heavy atom. The summed E-state index contributed by atoms with van der Waals surface area (Å²) in [6.07, 6.45) is 1.38. The molecule has 2 aliphatic heterocycles. The van der Waals surface area contributed by atoms with Gasteiger partial charge in [-0.05, 0) is 55.8 Å². The largest absolute Gasteiger partial charge is 0.480 e. The second kappa shape index (κ2) is 11.1. The highest BCUT2D eigenvalue weighted by atomic mass is 16.4. The van der Waals surface area contributed by atoms with Crippen LogP contribution in [0.4, 0.5) is 26.7 Å². The Hall–Kier alpha value is -4.08. The zero-order valence-corrected chi connectivity index (χ0v) is 20.4. The molecule has 4 N–H and O–H groups in total. The number of carbonyl (C=O) groups excluding carboxylic acids is 2. The van der Waals surface area contributed by atoms with Gasteiger partial charge in [-0.2, -0.15) is 0 Å². The van der Waals surface area contributed by atoms with Crippen LogP contribution in [0.1, 0.15) is 30.9 Å². The van der Waals surface area contributed by atoms with Crippen LogP contribution in [-0.4, -0.2) is 71.4 Å². The molecule has 0 unspecified atom stereocenters. The number of likely N-dealkylation sites (tertiary alicyclic amines) is 1. The summed E-state index contributed by atoms with van der Waals surface area (Å²) in [5.74, 6) is -1.11. The molecule has 0 radical (unpaired) electrons. The summed E-state index contributed by atoms with van der Waals surface area (Å²) < 4.78 is 0. The molecule has 0 bridgehead atoms. The monoisotopic (exact) mass is 492 g/mol. The lowest BCUT2D eigenvalue weighted by molar-refractivity contribution is -0.139. The average molecular weight is 493 g/mol. The van der Waals surface area contributed by atoms with Gasteiger partial charge in [0.25, 0.3) is 0 Å². The van der Waals surface area contributed by atoms with E-state index >= 15 is 0 Å². The third-order valence-corrected chi connectivity index (χ3v) is 6.69. The molecule has 2 heterocycles. The molecule has 36 heavy (non-hydrogen) atoms. The second-order valence-electron chi connectivity index (χ2n) is 9.02. The molecule has 4 amide bonds. The van der Waals surface area contributed by atoms with E-state index in [1.807, 2.05) is 48.2 Å². The number of hydrogen-bond acceptors (Lipinski definition) is 5. The number of hydrogen-bond donors (Lipinski definition) is 4. The number of rotatable bonds is 8. The molecule has 2 aliphatic rings. The summed E-state index contributed by atoms with van der Waals surface area (Å²) in [5, 5.41) is 18.5. The number of carboxylic acid groups (broad SMARTS) is 1. The predicted molar refractivity (Wildman–Crippen MR) is 139 cm³/mol. The highest BCUT2D eigenvalue weighted by Crippen LogP contribution is 2.28. The fraction of sp³-hybridized carbons (Fsp3) is 0.385. The van der Waals surface area contributed by atoms with E-state index in [4.69, 9.17) is 0 Å². The quantitative estimate of drug-likeness (QED) is 0.418. The van der Waals surface area contributed by atoms with Crippen molar-refractivity contribution >= 4 is 41.8 Å². The Balaban J connectivity index is 1.34. The minimum absolute atomic E-state index is 0.0118. The minimum atomic E-state index is -1.11. The van der Waals surface area contributed by atoms with Gasteiger partial charge in [-0.15, -0.1) is 0 Å². The lowest BCUT2D eigenvalue weighted by atomic mass is 10.0. The van der Waals surface area contributed by atoms with Crippen molar-refractivity contribution in [1.29, 1.82) is 0 Å². The van der Waals surface area contributed by atoms with Gasteiger partial charge < -0.3 is 30.9 Å². The van der Waals surface area contributed by atoms with Gasteiger partial charge in [0, 0.05) is 44.3 Å². The van der Waals surface area contributed by atoms with E-state index in [1.54, 1.807) is 11.0 Å². The van der Waals surface area contributed by atoms with Crippen LogP contribution in [-0.2, 0) is 17.8 Å². The number of anilines is 2. The highest BCUT2D eigenvalue weighted by Gasteiger charge is 2.33. The Bertz CT molecular complexity index is 1150. The molecule has 0 saturated carbocycles. The van der Waals surface area contributed by atoms with E-state index in [1.165, 1.54) is 0 Å². The fourth-order valence-electron chi connectivity index (χ4n) is 4.75. The van der Waals surface area contributed by atoms with Crippen molar-refractivity contribution in [2.75, 3.05) is 30.3 Å². The van der Waals surface area contributed by atoms with Crippen LogP contribution in [0.2, 0.25) is 0 Å². The van der Waals surface area contributed by atoms with Gasteiger partial charge >= 0.3 is 18.0 Å². The lowest BCUT2D eigenvalue weighted by Gasteiger charge is -2.40. The number of aliphatic imine (C=N–C) groups is 1. The normalized spacial score (nSPS) is 16.5. The molecule has 2 aromatic rings. The molecule has 0 aliphatic carbocycles. The van der Waals surface area contributed by atoms with Crippen molar-refractivity contribution in [3.05, 3.63) is 53.6 Å². The maximum Gasteiger partial charge on any atom is 0.326 e. The molecule has 1 saturated heterocycles. The number of para-hydroxylation sites is 1. The van der Waals surface area contributed by atoms with Gasteiger partial charge in [-0.3, -0.25) is 4.99 Å².